The minimum Gasteiger partial charge on any atom is -0.380 e. The Morgan fingerprint density at radius 1 is 1.53 bits per heavy atom. The van der Waals surface area contributed by atoms with Crippen molar-refractivity contribution in [3.05, 3.63) is 41.8 Å². The lowest BCUT2D eigenvalue weighted by atomic mass is 10.2. The van der Waals surface area contributed by atoms with Gasteiger partial charge in [0.1, 0.15) is 0 Å². The van der Waals surface area contributed by atoms with Crippen LogP contribution >= 0.6 is 0 Å². The fourth-order valence-electron chi connectivity index (χ4n) is 2.24. The van der Waals surface area contributed by atoms with Crippen LogP contribution in [0.5, 0.6) is 0 Å². The first-order valence-corrected chi connectivity index (χ1v) is 6.32. The highest BCUT2D eigenvalue weighted by atomic mass is 16.5. The third-order valence-electron chi connectivity index (χ3n) is 3.29. The summed E-state index contributed by atoms with van der Waals surface area (Å²) in [5.74, 6) is 1.32. The van der Waals surface area contributed by atoms with Crippen LogP contribution in [-0.2, 0) is 11.2 Å². The number of rotatable bonds is 4. The first kappa shape index (κ1) is 12.3. The number of hydrogen-bond donors (Lipinski definition) is 1. The summed E-state index contributed by atoms with van der Waals surface area (Å²) in [6.45, 7) is 0.821. The average molecular weight is 260 g/mol. The maximum Gasteiger partial charge on any atom is 0.243 e. The number of nitrogens with one attached hydrogen (secondary N) is 1. The average Bonchev–Trinajstić information content (AvgIpc) is 3.08. The van der Waals surface area contributed by atoms with E-state index < -0.39 is 0 Å². The highest BCUT2D eigenvalue weighted by Crippen LogP contribution is 2.23. The van der Waals surface area contributed by atoms with Crippen LogP contribution in [0.2, 0.25) is 0 Å². The first-order valence-electron chi connectivity index (χ1n) is 6.32. The number of ether oxygens (including phenoxy) is 1. The second-order valence-electron chi connectivity index (χ2n) is 4.64. The van der Waals surface area contributed by atoms with Gasteiger partial charge in [-0.15, -0.1) is 0 Å². The minimum atomic E-state index is 0.0973. The molecular weight excluding hydrogens is 244 g/mol. The molecule has 2 aromatic heterocycles. The molecule has 100 valence electrons. The molecule has 0 amide bonds. The molecule has 3 rings (SSSR count). The lowest BCUT2D eigenvalue weighted by Gasteiger charge is -2.04. The molecule has 0 spiro atoms. The predicted molar refractivity (Wildman–Crippen MR) is 67.5 cm³/mol. The van der Waals surface area contributed by atoms with Crippen LogP contribution in [-0.4, -0.2) is 34.9 Å². The molecule has 2 unspecified atom stereocenters. The van der Waals surface area contributed by atoms with Crippen molar-refractivity contribution in [2.75, 3.05) is 13.7 Å². The van der Waals surface area contributed by atoms with E-state index in [0.29, 0.717) is 18.1 Å². The fourth-order valence-corrected chi connectivity index (χ4v) is 2.24. The van der Waals surface area contributed by atoms with Gasteiger partial charge in [-0.25, -0.2) is 0 Å². The van der Waals surface area contributed by atoms with E-state index in [4.69, 9.17) is 9.26 Å². The number of nitrogens with zero attached hydrogens (tertiary/aromatic N) is 3. The van der Waals surface area contributed by atoms with Gasteiger partial charge < -0.3 is 14.6 Å². The molecule has 1 N–H and O–H groups in total. The fraction of sp³-hybridized carbons (Fsp3) is 0.462. The summed E-state index contributed by atoms with van der Waals surface area (Å²) < 4.78 is 10.6. The number of aromatic nitrogens is 3. The normalized spacial score (nSPS) is 22.8. The van der Waals surface area contributed by atoms with E-state index in [2.05, 4.69) is 20.4 Å². The Hall–Kier alpha value is -1.79. The van der Waals surface area contributed by atoms with Gasteiger partial charge in [-0.1, -0.05) is 11.2 Å². The van der Waals surface area contributed by atoms with E-state index in [1.54, 1.807) is 13.3 Å². The minimum absolute atomic E-state index is 0.0973. The van der Waals surface area contributed by atoms with Gasteiger partial charge in [0, 0.05) is 32.5 Å². The Bertz CT molecular complexity index is 528. The maximum atomic E-state index is 5.31. The van der Waals surface area contributed by atoms with Crippen molar-refractivity contribution in [2.45, 2.75) is 25.0 Å². The van der Waals surface area contributed by atoms with Crippen molar-refractivity contribution in [2.24, 2.45) is 0 Å². The summed E-state index contributed by atoms with van der Waals surface area (Å²) in [5, 5.41) is 7.33. The highest BCUT2D eigenvalue weighted by molar-refractivity contribution is 5.14. The number of pyridine rings is 1. The molecule has 1 fully saturated rings. The van der Waals surface area contributed by atoms with Crippen LogP contribution in [0.4, 0.5) is 0 Å². The molecule has 1 saturated heterocycles. The van der Waals surface area contributed by atoms with Gasteiger partial charge in [-0.3, -0.25) is 4.98 Å². The Balaban J connectivity index is 1.67. The van der Waals surface area contributed by atoms with Crippen LogP contribution in [0.3, 0.4) is 0 Å². The standard InChI is InChI=1S/C13H16N4O2/c1-18-10-6-11(15-8-10)13-16-12(17-19-13)5-9-3-2-4-14-7-9/h2-4,7,10-11,15H,5-6,8H2,1H3. The zero-order valence-corrected chi connectivity index (χ0v) is 10.7. The molecule has 1 aliphatic rings. The monoisotopic (exact) mass is 260 g/mol. The van der Waals surface area contributed by atoms with E-state index >= 15 is 0 Å². The van der Waals surface area contributed by atoms with Crippen LogP contribution in [0, 0.1) is 0 Å². The Kier molecular flexibility index (Phi) is 3.52. The van der Waals surface area contributed by atoms with Crippen LogP contribution in [0.15, 0.2) is 29.0 Å². The summed E-state index contributed by atoms with van der Waals surface area (Å²) in [7, 11) is 1.72. The maximum absolute atomic E-state index is 5.31. The van der Waals surface area contributed by atoms with Crippen molar-refractivity contribution >= 4 is 0 Å². The summed E-state index contributed by atoms with van der Waals surface area (Å²) in [6, 6.07) is 4.00. The third kappa shape index (κ3) is 2.80. The molecule has 2 aromatic rings. The zero-order valence-electron chi connectivity index (χ0n) is 10.7. The Morgan fingerprint density at radius 2 is 2.47 bits per heavy atom. The van der Waals surface area contributed by atoms with Crippen molar-refractivity contribution in [1.29, 1.82) is 0 Å². The van der Waals surface area contributed by atoms with Gasteiger partial charge in [0.25, 0.3) is 0 Å². The molecular formula is C13H16N4O2. The first-order chi connectivity index (χ1) is 9.35. The Labute approximate surface area is 111 Å². The second-order valence-corrected chi connectivity index (χ2v) is 4.64. The second kappa shape index (κ2) is 5.46. The van der Waals surface area contributed by atoms with Gasteiger partial charge in [-0.05, 0) is 18.1 Å². The molecule has 3 heterocycles. The van der Waals surface area contributed by atoms with Crippen molar-refractivity contribution in [1.82, 2.24) is 20.4 Å². The summed E-state index contributed by atoms with van der Waals surface area (Å²) in [4.78, 5) is 8.50. The largest absolute Gasteiger partial charge is 0.380 e. The van der Waals surface area contributed by atoms with Gasteiger partial charge >= 0.3 is 0 Å². The zero-order chi connectivity index (χ0) is 13.1. The predicted octanol–water partition coefficient (Wildman–Crippen LogP) is 1.10. The van der Waals surface area contributed by atoms with E-state index in [0.717, 1.165) is 18.5 Å². The Morgan fingerprint density at radius 3 is 3.21 bits per heavy atom. The van der Waals surface area contributed by atoms with E-state index in [-0.39, 0.29) is 12.1 Å². The van der Waals surface area contributed by atoms with E-state index in [1.165, 1.54) is 0 Å². The number of hydrogen-bond acceptors (Lipinski definition) is 6. The molecule has 2 atom stereocenters. The van der Waals surface area contributed by atoms with Gasteiger partial charge in [0.05, 0.1) is 12.1 Å². The smallest absolute Gasteiger partial charge is 0.243 e. The van der Waals surface area contributed by atoms with Gasteiger partial charge in [0.2, 0.25) is 5.89 Å². The van der Waals surface area contributed by atoms with Crippen molar-refractivity contribution in [3.63, 3.8) is 0 Å². The quantitative estimate of drug-likeness (QED) is 0.887. The van der Waals surface area contributed by atoms with Crippen LogP contribution in [0.1, 0.15) is 29.7 Å². The highest BCUT2D eigenvalue weighted by Gasteiger charge is 2.29. The molecule has 19 heavy (non-hydrogen) atoms. The molecule has 0 aromatic carbocycles. The SMILES string of the molecule is COC1CNC(c2nc(Cc3cccnc3)no2)C1. The van der Waals surface area contributed by atoms with Gasteiger partial charge in [0.15, 0.2) is 5.82 Å². The van der Waals surface area contributed by atoms with Crippen LogP contribution < -0.4 is 5.32 Å². The molecule has 0 saturated carbocycles. The van der Waals surface area contributed by atoms with Crippen molar-refractivity contribution in [3.8, 4) is 0 Å². The van der Waals surface area contributed by atoms with E-state index in [9.17, 15) is 0 Å². The molecule has 0 bridgehead atoms. The molecule has 1 aliphatic heterocycles. The lowest BCUT2D eigenvalue weighted by molar-refractivity contribution is 0.116. The molecule has 0 aliphatic carbocycles. The molecule has 6 heteroatoms. The lowest BCUT2D eigenvalue weighted by Crippen LogP contribution is -2.16. The summed E-state index contributed by atoms with van der Waals surface area (Å²) in [6.07, 6.45) is 5.28. The summed E-state index contributed by atoms with van der Waals surface area (Å²) in [5.41, 5.74) is 1.07. The van der Waals surface area contributed by atoms with Crippen LogP contribution in [0.25, 0.3) is 0 Å². The molecule has 0 radical (unpaired) electrons. The van der Waals surface area contributed by atoms with E-state index in [1.807, 2.05) is 18.3 Å². The topological polar surface area (TPSA) is 73.1 Å². The van der Waals surface area contributed by atoms with Gasteiger partial charge in [-0.2, -0.15) is 4.98 Å². The molecule has 6 nitrogen and oxygen atoms in total. The van der Waals surface area contributed by atoms with Crippen molar-refractivity contribution < 1.29 is 9.26 Å². The third-order valence-corrected chi connectivity index (χ3v) is 3.29. The summed E-state index contributed by atoms with van der Waals surface area (Å²) >= 11 is 0. The number of methoxy groups -OCH3 is 1.